The molecule has 1 atom stereocenters. The molecule has 2 heterocycles. The smallest absolute Gasteiger partial charge is 0.383 e. The van der Waals surface area contributed by atoms with E-state index in [9.17, 15) is 22.8 Å². The molecule has 1 aliphatic rings. The number of rotatable bonds is 7. The average molecular weight is 439 g/mol. The number of hydrogen-bond acceptors (Lipinski definition) is 5. The van der Waals surface area contributed by atoms with Gasteiger partial charge in [-0.2, -0.15) is 13.2 Å². The molecule has 1 N–H and O–H groups in total. The Balaban J connectivity index is 1.60. The van der Waals surface area contributed by atoms with Crippen molar-refractivity contribution in [2.45, 2.75) is 31.5 Å². The number of aromatic nitrogens is 3. The number of halogens is 3. The Bertz CT molecular complexity index is 915. The molecule has 0 aliphatic carbocycles. The molecule has 1 aromatic heterocycles. The van der Waals surface area contributed by atoms with Crippen LogP contribution in [0.3, 0.4) is 0 Å². The van der Waals surface area contributed by atoms with Crippen molar-refractivity contribution in [3.63, 3.8) is 0 Å². The van der Waals surface area contributed by atoms with Gasteiger partial charge in [0, 0.05) is 26.7 Å². The maximum Gasteiger partial charge on any atom is 0.416 e. The van der Waals surface area contributed by atoms with Gasteiger partial charge in [0.1, 0.15) is 0 Å². The third-order valence-corrected chi connectivity index (χ3v) is 5.07. The Labute approximate surface area is 177 Å². The Kier molecular flexibility index (Phi) is 7.26. The van der Waals surface area contributed by atoms with E-state index in [-0.39, 0.29) is 30.0 Å². The summed E-state index contributed by atoms with van der Waals surface area (Å²) in [6.45, 7) is 1.61. The highest BCUT2D eigenvalue weighted by molar-refractivity contribution is 5.91. The fourth-order valence-corrected chi connectivity index (χ4v) is 3.46. The molecule has 2 aromatic rings. The number of hydrogen-bond donors (Lipinski definition) is 1. The van der Waals surface area contributed by atoms with Crippen molar-refractivity contribution in [1.82, 2.24) is 25.2 Å². The highest BCUT2D eigenvalue weighted by Gasteiger charge is 2.31. The van der Waals surface area contributed by atoms with Gasteiger partial charge in [-0.25, -0.2) is 4.68 Å². The first-order chi connectivity index (χ1) is 14.8. The monoisotopic (exact) mass is 439 g/mol. The molecule has 1 aliphatic heterocycles. The second kappa shape index (κ2) is 9.90. The molecule has 8 nitrogen and oxygen atoms in total. The first-order valence-corrected chi connectivity index (χ1v) is 9.91. The van der Waals surface area contributed by atoms with Crippen LogP contribution in [-0.4, -0.2) is 65.1 Å². The van der Waals surface area contributed by atoms with Crippen LogP contribution in [0, 0.1) is 0 Å². The normalized spacial score (nSPS) is 16.9. The lowest BCUT2D eigenvalue weighted by Crippen LogP contribution is -2.41. The molecule has 1 aromatic carbocycles. The minimum Gasteiger partial charge on any atom is -0.383 e. The number of ether oxygens (including phenoxy) is 1. The maximum atomic E-state index is 12.9. The van der Waals surface area contributed by atoms with Gasteiger partial charge < -0.3 is 15.0 Å². The van der Waals surface area contributed by atoms with Crippen molar-refractivity contribution in [1.29, 1.82) is 0 Å². The largest absolute Gasteiger partial charge is 0.416 e. The molecular weight excluding hydrogens is 415 g/mol. The van der Waals surface area contributed by atoms with Gasteiger partial charge in [-0.3, -0.25) is 9.59 Å². The zero-order valence-corrected chi connectivity index (χ0v) is 17.1. The molecule has 0 saturated carbocycles. The molecule has 168 valence electrons. The third kappa shape index (κ3) is 6.03. The average Bonchev–Trinajstić information content (AvgIpc) is 3.24. The molecule has 1 unspecified atom stereocenters. The van der Waals surface area contributed by atoms with E-state index in [0.717, 1.165) is 18.6 Å². The summed E-state index contributed by atoms with van der Waals surface area (Å²) in [6, 6.07) is 4.65. The van der Waals surface area contributed by atoms with E-state index >= 15 is 0 Å². The quantitative estimate of drug-likeness (QED) is 0.668. The molecule has 3 rings (SSSR count). The van der Waals surface area contributed by atoms with Crippen molar-refractivity contribution in [3.05, 3.63) is 47.3 Å². The highest BCUT2D eigenvalue weighted by atomic mass is 19.4. The predicted octanol–water partition coefficient (Wildman–Crippen LogP) is 2.08. The third-order valence-electron chi connectivity index (χ3n) is 5.07. The van der Waals surface area contributed by atoms with Gasteiger partial charge in [0.05, 0.1) is 30.8 Å². The Morgan fingerprint density at radius 2 is 2.13 bits per heavy atom. The second-order valence-corrected chi connectivity index (χ2v) is 7.34. The maximum absolute atomic E-state index is 12.9. The predicted molar refractivity (Wildman–Crippen MR) is 104 cm³/mol. The molecule has 0 spiro atoms. The van der Waals surface area contributed by atoms with Gasteiger partial charge in [-0.1, -0.05) is 23.4 Å². The number of carbonyl (C=O) groups excluding carboxylic acids is 2. The number of piperidine rings is 1. The van der Waals surface area contributed by atoms with Crippen molar-refractivity contribution in [2.75, 3.05) is 33.4 Å². The Morgan fingerprint density at radius 1 is 1.32 bits per heavy atom. The van der Waals surface area contributed by atoms with Crippen molar-refractivity contribution in [2.24, 2.45) is 0 Å². The minimum atomic E-state index is -4.45. The summed E-state index contributed by atoms with van der Waals surface area (Å²) in [4.78, 5) is 26.4. The molecule has 1 saturated heterocycles. The lowest BCUT2D eigenvalue weighted by Gasteiger charge is -2.32. The van der Waals surface area contributed by atoms with E-state index in [1.165, 1.54) is 25.4 Å². The van der Waals surface area contributed by atoms with Crippen LogP contribution in [0.15, 0.2) is 30.5 Å². The Hall–Kier alpha value is -2.95. The number of benzene rings is 1. The van der Waals surface area contributed by atoms with Crippen LogP contribution in [-0.2, 0) is 22.1 Å². The summed E-state index contributed by atoms with van der Waals surface area (Å²) in [6.07, 6.45) is -1.56. The van der Waals surface area contributed by atoms with Crippen LogP contribution >= 0.6 is 0 Å². The van der Waals surface area contributed by atoms with Gasteiger partial charge >= 0.3 is 6.18 Å². The van der Waals surface area contributed by atoms with E-state index in [1.807, 2.05) is 0 Å². The number of alkyl halides is 3. The molecule has 0 radical (unpaired) electrons. The first-order valence-electron chi connectivity index (χ1n) is 9.91. The van der Waals surface area contributed by atoms with Gasteiger partial charge in [-0.05, 0) is 24.5 Å². The van der Waals surface area contributed by atoms with Crippen LogP contribution in [0.5, 0.6) is 0 Å². The number of carbonyl (C=O) groups is 2. The van der Waals surface area contributed by atoms with E-state index in [2.05, 4.69) is 15.6 Å². The van der Waals surface area contributed by atoms with E-state index in [1.54, 1.807) is 9.58 Å². The number of nitrogens with one attached hydrogen (secondary N) is 1. The van der Waals surface area contributed by atoms with Crippen LogP contribution in [0.25, 0.3) is 0 Å². The van der Waals surface area contributed by atoms with E-state index in [4.69, 9.17) is 4.74 Å². The topological polar surface area (TPSA) is 89.4 Å². The number of likely N-dealkylation sites (tertiary alicyclic amines) is 1. The summed E-state index contributed by atoms with van der Waals surface area (Å²) in [5, 5.41) is 10.6. The van der Waals surface area contributed by atoms with Crippen LogP contribution in [0.4, 0.5) is 13.2 Å². The van der Waals surface area contributed by atoms with E-state index < -0.39 is 11.7 Å². The van der Waals surface area contributed by atoms with Gasteiger partial charge in [-0.15, -0.1) is 5.10 Å². The van der Waals surface area contributed by atoms with Crippen molar-refractivity contribution in [3.8, 4) is 0 Å². The zero-order valence-electron chi connectivity index (χ0n) is 17.1. The summed E-state index contributed by atoms with van der Waals surface area (Å²) >= 11 is 0. The SMILES string of the molecule is COCCNC(=O)c1cn(C2CCCN(C(=O)Cc3cccc(C(F)(F)F)c3)C2)nn1. The molecule has 31 heavy (non-hydrogen) atoms. The molecule has 2 amide bonds. The fourth-order valence-electron chi connectivity index (χ4n) is 3.46. The van der Waals surface area contributed by atoms with Gasteiger partial charge in [0.25, 0.3) is 5.91 Å². The molecule has 0 bridgehead atoms. The molecule has 11 heteroatoms. The number of methoxy groups -OCH3 is 1. The standard InChI is InChI=1S/C20H24F3N5O3/c1-31-9-7-24-19(30)17-13-28(26-25-17)16-6-3-8-27(12-16)18(29)11-14-4-2-5-15(10-14)20(21,22)23/h2,4-5,10,13,16H,3,6-9,11-12H2,1H3,(H,24,30). The Morgan fingerprint density at radius 3 is 2.87 bits per heavy atom. The minimum absolute atomic E-state index is 0.110. The second-order valence-electron chi connectivity index (χ2n) is 7.34. The fraction of sp³-hybridized carbons (Fsp3) is 0.500. The summed E-state index contributed by atoms with van der Waals surface area (Å²) < 4.78 is 45.1. The summed E-state index contributed by atoms with van der Waals surface area (Å²) in [5.74, 6) is -0.613. The van der Waals surface area contributed by atoms with Crippen molar-refractivity contribution < 1.29 is 27.5 Å². The van der Waals surface area contributed by atoms with Crippen molar-refractivity contribution >= 4 is 11.8 Å². The number of nitrogens with zero attached hydrogens (tertiary/aromatic N) is 4. The molecule has 1 fully saturated rings. The van der Waals surface area contributed by atoms with Crippen LogP contribution in [0.2, 0.25) is 0 Å². The highest BCUT2D eigenvalue weighted by Crippen LogP contribution is 2.30. The van der Waals surface area contributed by atoms with Crippen LogP contribution < -0.4 is 5.32 Å². The number of amides is 2. The lowest BCUT2D eigenvalue weighted by atomic mass is 10.0. The van der Waals surface area contributed by atoms with Gasteiger partial charge in [0.15, 0.2) is 5.69 Å². The summed E-state index contributed by atoms with van der Waals surface area (Å²) in [5.41, 5.74) is -0.283. The van der Waals surface area contributed by atoms with E-state index in [0.29, 0.717) is 38.2 Å². The zero-order chi connectivity index (χ0) is 22.4. The summed E-state index contributed by atoms with van der Waals surface area (Å²) in [7, 11) is 1.53. The molecular formula is C20H24F3N5O3. The first kappa shape index (κ1) is 22.7. The lowest BCUT2D eigenvalue weighted by molar-refractivity contribution is -0.138. The van der Waals surface area contributed by atoms with Crippen LogP contribution in [0.1, 0.15) is 40.5 Å². The van der Waals surface area contributed by atoms with Gasteiger partial charge in [0.2, 0.25) is 5.91 Å².